The molecule has 0 rings (SSSR count). The van der Waals surface area contributed by atoms with Gasteiger partial charge in [-0.1, -0.05) is 64.9 Å². The molecular weight excluding hydrogens is 168 g/mol. The molecule has 0 bridgehead atoms. The zero-order valence-electron chi connectivity index (χ0n) is 9.80. The van der Waals surface area contributed by atoms with Gasteiger partial charge in [0.1, 0.15) is 0 Å². The minimum absolute atomic E-state index is 0.584. The van der Waals surface area contributed by atoms with Crippen LogP contribution in [0.5, 0.6) is 0 Å². The van der Waals surface area contributed by atoms with Gasteiger partial charge in [0.25, 0.3) is 0 Å². The van der Waals surface area contributed by atoms with Gasteiger partial charge in [0, 0.05) is 0 Å². The fourth-order valence-electron chi connectivity index (χ4n) is 1.51. The molecule has 0 aliphatic carbocycles. The first-order valence-corrected chi connectivity index (χ1v) is 6.06. The Hall–Kier alpha value is -0.260. The van der Waals surface area contributed by atoms with Gasteiger partial charge >= 0.3 is 0 Å². The van der Waals surface area contributed by atoms with Crippen LogP contribution in [0.4, 0.5) is 0 Å². The van der Waals surface area contributed by atoms with E-state index in [1.807, 2.05) is 6.08 Å². The SMILES string of the molecule is [CH2]CCCCCCCC[CH]C(C)C=C. The van der Waals surface area contributed by atoms with E-state index < -0.39 is 0 Å². The summed E-state index contributed by atoms with van der Waals surface area (Å²) in [4.78, 5) is 0. The first-order valence-electron chi connectivity index (χ1n) is 6.06. The molecule has 0 aliphatic heterocycles. The van der Waals surface area contributed by atoms with Crippen LogP contribution >= 0.6 is 0 Å². The smallest absolute Gasteiger partial charge is 0.0233 e. The number of allylic oxidation sites excluding steroid dienone is 1. The van der Waals surface area contributed by atoms with Crippen LogP contribution in [0.15, 0.2) is 12.7 Å². The molecule has 0 fully saturated rings. The third kappa shape index (κ3) is 9.83. The highest BCUT2D eigenvalue weighted by Gasteiger charge is 1.96. The number of unbranched alkanes of at least 4 members (excludes halogenated alkanes) is 7. The predicted molar refractivity (Wildman–Crippen MR) is 66.0 cm³/mol. The van der Waals surface area contributed by atoms with Crippen LogP contribution in [0, 0.1) is 19.3 Å². The summed E-state index contributed by atoms with van der Waals surface area (Å²) in [5.41, 5.74) is 0. The van der Waals surface area contributed by atoms with E-state index in [1.54, 1.807) is 0 Å². The zero-order chi connectivity index (χ0) is 10.6. The van der Waals surface area contributed by atoms with Gasteiger partial charge in [-0.3, -0.25) is 0 Å². The van der Waals surface area contributed by atoms with E-state index in [2.05, 4.69) is 26.8 Å². The molecule has 0 saturated carbocycles. The minimum atomic E-state index is 0.584. The molecule has 1 atom stereocenters. The van der Waals surface area contributed by atoms with Crippen molar-refractivity contribution in [3.8, 4) is 0 Å². The highest BCUT2D eigenvalue weighted by molar-refractivity contribution is 4.85. The van der Waals surface area contributed by atoms with Crippen molar-refractivity contribution in [3.05, 3.63) is 26.0 Å². The van der Waals surface area contributed by atoms with Gasteiger partial charge in [-0.15, -0.1) is 6.58 Å². The molecule has 0 aromatic heterocycles. The second-order valence-corrected chi connectivity index (χ2v) is 4.09. The Morgan fingerprint density at radius 3 is 2.14 bits per heavy atom. The van der Waals surface area contributed by atoms with E-state index in [0.29, 0.717) is 5.92 Å². The number of hydrogen-bond acceptors (Lipinski definition) is 0. The normalized spacial score (nSPS) is 12.7. The van der Waals surface area contributed by atoms with Crippen LogP contribution < -0.4 is 0 Å². The Kier molecular flexibility index (Phi) is 10.6. The lowest BCUT2D eigenvalue weighted by Gasteiger charge is -2.04. The molecule has 82 valence electrons. The van der Waals surface area contributed by atoms with Crippen molar-refractivity contribution in [1.82, 2.24) is 0 Å². The second kappa shape index (κ2) is 10.8. The minimum Gasteiger partial charge on any atom is -0.103 e. The van der Waals surface area contributed by atoms with Crippen LogP contribution in [-0.4, -0.2) is 0 Å². The summed E-state index contributed by atoms with van der Waals surface area (Å²) in [5.74, 6) is 0.584. The van der Waals surface area contributed by atoms with E-state index in [1.165, 1.54) is 44.9 Å². The van der Waals surface area contributed by atoms with Crippen molar-refractivity contribution in [1.29, 1.82) is 0 Å². The van der Waals surface area contributed by atoms with Gasteiger partial charge in [-0.25, -0.2) is 0 Å². The van der Waals surface area contributed by atoms with E-state index in [0.717, 1.165) is 6.42 Å². The van der Waals surface area contributed by atoms with E-state index >= 15 is 0 Å². The standard InChI is InChI=1S/C14H26/c1-4-6-7-8-9-10-11-12-13-14(3)5-2/h5,13-14H,1-2,4,6-12H2,3H3. The van der Waals surface area contributed by atoms with Crippen LogP contribution in [0.1, 0.15) is 58.3 Å². The first-order chi connectivity index (χ1) is 6.81. The van der Waals surface area contributed by atoms with Gasteiger partial charge in [0.15, 0.2) is 0 Å². The Morgan fingerprint density at radius 2 is 1.57 bits per heavy atom. The van der Waals surface area contributed by atoms with Crippen molar-refractivity contribution in [3.63, 3.8) is 0 Å². The van der Waals surface area contributed by atoms with E-state index in [4.69, 9.17) is 0 Å². The molecule has 0 saturated heterocycles. The monoisotopic (exact) mass is 194 g/mol. The van der Waals surface area contributed by atoms with Gasteiger partial charge in [0.2, 0.25) is 0 Å². The highest BCUT2D eigenvalue weighted by Crippen LogP contribution is 2.12. The Labute approximate surface area is 90.8 Å². The summed E-state index contributed by atoms with van der Waals surface area (Å²) in [6.45, 7) is 9.82. The highest BCUT2D eigenvalue weighted by atomic mass is 14.0. The van der Waals surface area contributed by atoms with Gasteiger partial charge in [-0.2, -0.15) is 0 Å². The topological polar surface area (TPSA) is 0 Å². The summed E-state index contributed by atoms with van der Waals surface area (Å²) < 4.78 is 0. The summed E-state index contributed by atoms with van der Waals surface area (Å²) in [5, 5.41) is 0. The predicted octanol–water partition coefficient (Wildman–Crippen LogP) is 4.97. The number of rotatable bonds is 10. The molecule has 1 unspecified atom stereocenters. The summed E-state index contributed by atoms with van der Waals surface area (Å²) >= 11 is 0. The summed E-state index contributed by atoms with van der Waals surface area (Å²) in [6.07, 6.45) is 14.9. The van der Waals surface area contributed by atoms with Crippen LogP contribution in [0.2, 0.25) is 0 Å². The Bertz CT molecular complexity index is 115. The van der Waals surface area contributed by atoms with Crippen molar-refractivity contribution in [2.45, 2.75) is 58.3 Å². The largest absolute Gasteiger partial charge is 0.103 e. The number of hydrogen-bond donors (Lipinski definition) is 0. The molecule has 0 heterocycles. The lowest BCUT2D eigenvalue weighted by Crippen LogP contribution is -1.90. The summed E-state index contributed by atoms with van der Waals surface area (Å²) in [6, 6.07) is 0. The summed E-state index contributed by atoms with van der Waals surface area (Å²) in [7, 11) is 0. The molecule has 14 heavy (non-hydrogen) atoms. The molecule has 0 aliphatic rings. The molecule has 2 radical (unpaired) electrons. The third-order valence-corrected chi connectivity index (χ3v) is 2.61. The molecule has 0 heteroatoms. The maximum Gasteiger partial charge on any atom is -0.0233 e. The third-order valence-electron chi connectivity index (χ3n) is 2.61. The lowest BCUT2D eigenvalue weighted by molar-refractivity contribution is 0.585. The zero-order valence-corrected chi connectivity index (χ0v) is 9.80. The van der Waals surface area contributed by atoms with Crippen LogP contribution in [0.3, 0.4) is 0 Å². The molecule has 0 aromatic rings. The first kappa shape index (κ1) is 13.7. The van der Waals surface area contributed by atoms with Gasteiger partial charge < -0.3 is 0 Å². The fourth-order valence-corrected chi connectivity index (χ4v) is 1.51. The van der Waals surface area contributed by atoms with E-state index in [-0.39, 0.29) is 0 Å². The van der Waals surface area contributed by atoms with E-state index in [9.17, 15) is 0 Å². The lowest BCUT2D eigenvalue weighted by atomic mass is 10.0. The molecule has 0 N–H and O–H groups in total. The molecule has 0 aromatic carbocycles. The second-order valence-electron chi connectivity index (χ2n) is 4.09. The molecule has 0 amide bonds. The van der Waals surface area contributed by atoms with Gasteiger partial charge in [0.05, 0.1) is 0 Å². The van der Waals surface area contributed by atoms with Crippen LogP contribution in [-0.2, 0) is 0 Å². The molecular formula is C14H26. The van der Waals surface area contributed by atoms with Crippen LogP contribution in [0.25, 0.3) is 0 Å². The fraction of sp³-hybridized carbons (Fsp3) is 0.714. The average Bonchev–Trinajstić information content (AvgIpc) is 2.21. The molecule has 0 nitrogen and oxygen atoms in total. The Balaban J connectivity index is 2.95. The molecule has 0 spiro atoms. The van der Waals surface area contributed by atoms with Crippen molar-refractivity contribution >= 4 is 0 Å². The van der Waals surface area contributed by atoms with Gasteiger partial charge in [-0.05, 0) is 18.8 Å². The maximum atomic E-state index is 3.85. The maximum absolute atomic E-state index is 3.85. The quantitative estimate of drug-likeness (QED) is 0.340. The Morgan fingerprint density at radius 1 is 1.00 bits per heavy atom. The van der Waals surface area contributed by atoms with Crippen molar-refractivity contribution < 1.29 is 0 Å². The average molecular weight is 194 g/mol. The van der Waals surface area contributed by atoms with Crippen molar-refractivity contribution in [2.75, 3.05) is 0 Å². The van der Waals surface area contributed by atoms with Crippen molar-refractivity contribution in [2.24, 2.45) is 5.92 Å².